The molecule has 5 nitrogen and oxygen atoms in total. The summed E-state index contributed by atoms with van der Waals surface area (Å²) >= 11 is 0. The van der Waals surface area contributed by atoms with E-state index in [4.69, 9.17) is 14.5 Å². The van der Waals surface area contributed by atoms with E-state index in [-0.39, 0.29) is 6.10 Å². The van der Waals surface area contributed by atoms with Crippen molar-refractivity contribution in [2.75, 3.05) is 13.2 Å². The van der Waals surface area contributed by atoms with Crippen molar-refractivity contribution in [2.24, 2.45) is 0 Å². The summed E-state index contributed by atoms with van der Waals surface area (Å²) in [5.74, 6) is 1.04. The Bertz CT molecular complexity index is 1120. The molecule has 0 N–H and O–H groups in total. The lowest BCUT2D eigenvalue weighted by Gasteiger charge is -2.31. The van der Waals surface area contributed by atoms with Crippen LogP contribution in [-0.4, -0.2) is 33.9 Å². The van der Waals surface area contributed by atoms with Crippen molar-refractivity contribution in [3.05, 3.63) is 72.2 Å². The Kier molecular flexibility index (Phi) is 5.00. The number of hydrogen-bond donors (Lipinski definition) is 0. The molecule has 29 heavy (non-hydrogen) atoms. The minimum Gasteiger partial charge on any atom is -0.376 e. The molecule has 0 amide bonds. The second kappa shape index (κ2) is 7.93. The van der Waals surface area contributed by atoms with Crippen LogP contribution >= 0.6 is 0 Å². The number of fused-ring (bicyclic) bond motifs is 3. The Hall–Kier alpha value is -2.76. The summed E-state index contributed by atoms with van der Waals surface area (Å²) in [6, 6.07) is 18.9. The summed E-state index contributed by atoms with van der Waals surface area (Å²) in [5, 5.41) is 1.16. The third kappa shape index (κ3) is 3.63. The molecule has 1 aliphatic rings. The zero-order valence-corrected chi connectivity index (χ0v) is 16.6. The highest BCUT2D eigenvalue weighted by atomic mass is 16.5. The topological polar surface area (TPSA) is 49.2 Å². The van der Waals surface area contributed by atoms with E-state index in [9.17, 15) is 0 Å². The lowest BCUT2D eigenvalue weighted by atomic mass is 10.0. The highest BCUT2D eigenvalue weighted by molar-refractivity contribution is 6.02. The van der Waals surface area contributed by atoms with Crippen LogP contribution in [0.5, 0.6) is 0 Å². The lowest BCUT2D eigenvalue weighted by molar-refractivity contribution is -0.0580. The van der Waals surface area contributed by atoms with Crippen molar-refractivity contribution in [3.63, 3.8) is 0 Å². The van der Waals surface area contributed by atoms with Gasteiger partial charge in [0.2, 0.25) is 0 Å². The largest absolute Gasteiger partial charge is 0.376 e. The van der Waals surface area contributed by atoms with Crippen LogP contribution in [0.25, 0.3) is 21.9 Å². The Morgan fingerprint density at radius 2 is 1.90 bits per heavy atom. The van der Waals surface area contributed by atoms with Crippen molar-refractivity contribution < 1.29 is 9.47 Å². The van der Waals surface area contributed by atoms with Gasteiger partial charge in [0, 0.05) is 18.0 Å². The maximum atomic E-state index is 6.01. The first kappa shape index (κ1) is 18.3. The number of aromatic nitrogens is 3. The number of pyridine rings is 1. The Morgan fingerprint density at radius 1 is 1.07 bits per heavy atom. The van der Waals surface area contributed by atoms with Gasteiger partial charge in [-0.15, -0.1) is 0 Å². The van der Waals surface area contributed by atoms with E-state index in [1.807, 2.05) is 30.5 Å². The number of benzene rings is 2. The fourth-order valence-corrected chi connectivity index (χ4v) is 4.38. The van der Waals surface area contributed by atoms with E-state index in [2.05, 4.69) is 46.8 Å². The van der Waals surface area contributed by atoms with Crippen molar-refractivity contribution in [1.82, 2.24) is 14.5 Å². The smallest absolute Gasteiger partial charge is 0.108 e. The highest BCUT2D eigenvalue weighted by Crippen LogP contribution is 2.33. The first-order valence-electron chi connectivity index (χ1n) is 10.2. The van der Waals surface area contributed by atoms with Gasteiger partial charge in [-0.3, -0.25) is 4.98 Å². The second-order valence-electron chi connectivity index (χ2n) is 7.71. The molecule has 0 unspecified atom stereocenters. The summed E-state index contributed by atoms with van der Waals surface area (Å²) < 4.78 is 14.4. The van der Waals surface area contributed by atoms with E-state index >= 15 is 0 Å². The van der Waals surface area contributed by atoms with Gasteiger partial charge >= 0.3 is 0 Å². The summed E-state index contributed by atoms with van der Waals surface area (Å²) in [5.41, 5.74) is 4.35. The van der Waals surface area contributed by atoms with Gasteiger partial charge in [0.15, 0.2) is 0 Å². The fraction of sp³-hybridized carbons (Fsp3) is 0.333. The number of nitrogens with zero attached hydrogens (tertiary/aromatic N) is 3. The van der Waals surface area contributed by atoms with E-state index in [1.165, 1.54) is 11.1 Å². The summed E-state index contributed by atoms with van der Waals surface area (Å²) in [6.07, 6.45) is 3.90. The van der Waals surface area contributed by atoms with Crippen LogP contribution in [0, 0.1) is 6.92 Å². The molecule has 1 aliphatic heterocycles. The molecule has 2 aromatic heterocycles. The lowest BCUT2D eigenvalue weighted by Crippen LogP contribution is -2.31. The average Bonchev–Trinajstić information content (AvgIpc) is 3.11. The van der Waals surface area contributed by atoms with Crippen LogP contribution in [0.4, 0.5) is 0 Å². The number of imidazole rings is 1. The predicted octanol–water partition coefficient (Wildman–Crippen LogP) is 4.83. The molecule has 2 atom stereocenters. The molecule has 5 heteroatoms. The molecule has 0 saturated carbocycles. The average molecular weight is 387 g/mol. The molecular weight excluding hydrogens is 362 g/mol. The van der Waals surface area contributed by atoms with Gasteiger partial charge in [-0.05, 0) is 31.4 Å². The summed E-state index contributed by atoms with van der Waals surface area (Å²) in [4.78, 5) is 9.37. The zero-order chi connectivity index (χ0) is 19.6. The molecule has 0 spiro atoms. The first-order valence-corrected chi connectivity index (χ1v) is 10.2. The van der Waals surface area contributed by atoms with E-state index < -0.39 is 0 Å². The zero-order valence-electron chi connectivity index (χ0n) is 16.6. The maximum absolute atomic E-state index is 6.01. The van der Waals surface area contributed by atoms with Crippen molar-refractivity contribution in [1.29, 1.82) is 0 Å². The van der Waals surface area contributed by atoms with Gasteiger partial charge in [-0.1, -0.05) is 48.5 Å². The third-order valence-corrected chi connectivity index (χ3v) is 5.72. The van der Waals surface area contributed by atoms with Gasteiger partial charge in [-0.2, -0.15) is 0 Å². The molecule has 0 bridgehead atoms. The SMILES string of the molecule is Cc1nc2cnc3ccccc3c2n1[C@H]1CCO[C@@H](COCc2ccccc2)C1. The molecule has 1 saturated heterocycles. The van der Waals surface area contributed by atoms with Gasteiger partial charge in [0.05, 0.1) is 36.5 Å². The minimum absolute atomic E-state index is 0.0995. The molecule has 5 rings (SSSR count). The van der Waals surface area contributed by atoms with Crippen molar-refractivity contribution >= 4 is 21.9 Å². The number of ether oxygens (including phenoxy) is 2. The summed E-state index contributed by atoms with van der Waals surface area (Å²) in [7, 11) is 0. The van der Waals surface area contributed by atoms with E-state index in [1.54, 1.807) is 0 Å². The molecule has 2 aromatic carbocycles. The molecular formula is C24H25N3O2. The molecule has 1 fully saturated rings. The first-order chi connectivity index (χ1) is 14.3. The fourth-order valence-electron chi connectivity index (χ4n) is 4.38. The van der Waals surface area contributed by atoms with Crippen molar-refractivity contribution in [2.45, 2.75) is 38.5 Å². The van der Waals surface area contributed by atoms with Crippen molar-refractivity contribution in [3.8, 4) is 0 Å². The molecule has 0 aliphatic carbocycles. The van der Waals surface area contributed by atoms with Crippen LogP contribution in [0.3, 0.4) is 0 Å². The number of hydrogen-bond acceptors (Lipinski definition) is 4. The minimum atomic E-state index is 0.0995. The van der Waals surface area contributed by atoms with Crippen LogP contribution in [-0.2, 0) is 16.1 Å². The van der Waals surface area contributed by atoms with Gasteiger partial charge in [-0.25, -0.2) is 4.98 Å². The number of para-hydroxylation sites is 1. The predicted molar refractivity (Wildman–Crippen MR) is 114 cm³/mol. The maximum Gasteiger partial charge on any atom is 0.108 e. The quantitative estimate of drug-likeness (QED) is 0.492. The number of rotatable bonds is 5. The monoisotopic (exact) mass is 387 g/mol. The summed E-state index contributed by atoms with van der Waals surface area (Å²) in [6.45, 7) is 4.06. The van der Waals surface area contributed by atoms with Gasteiger partial charge in [0.25, 0.3) is 0 Å². The van der Waals surface area contributed by atoms with Crippen LogP contribution in [0.15, 0.2) is 60.8 Å². The van der Waals surface area contributed by atoms with Crippen LogP contribution in [0.2, 0.25) is 0 Å². The van der Waals surface area contributed by atoms with Crippen LogP contribution < -0.4 is 0 Å². The number of aryl methyl sites for hydroxylation is 1. The Labute approximate surface area is 170 Å². The third-order valence-electron chi connectivity index (χ3n) is 5.72. The molecule has 3 heterocycles. The van der Waals surface area contributed by atoms with Gasteiger partial charge < -0.3 is 14.0 Å². The Balaban J connectivity index is 1.37. The Morgan fingerprint density at radius 3 is 2.79 bits per heavy atom. The van der Waals surface area contributed by atoms with E-state index in [0.29, 0.717) is 19.3 Å². The molecule has 148 valence electrons. The second-order valence-corrected chi connectivity index (χ2v) is 7.71. The highest BCUT2D eigenvalue weighted by Gasteiger charge is 2.27. The van der Waals surface area contributed by atoms with E-state index in [0.717, 1.165) is 41.7 Å². The van der Waals surface area contributed by atoms with Crippen LogP contribution in [0.1, 0.15) is 30.3 Å². The van der Waals surface area contributed by atoms with Gasteiger partial charge in [0.1, 0.15) is 11.3 Å². The normalized spacial score (nSPS) is 19.8. The molecule has 4 aromatic rings. The standard InChI is InChI=1S/C24H25N3O2/c1-17-26-23-14-25-22-10-6-5-9-21(22)24(23)27(17)19-11-12-29-20(13-19)16-28-15-18-7-3-2-4-8-18/h2-10,14,19-20H,11-13,15-16H2,1H3/t19-,20+/m0/s1. The molecule has 0 radical (unpaired) electrons.